The van der Waals surface area contributed by atoms with Gasteiger partial charge < -0.3 is 5.73 Å². The molecule has 0 amide bonds. The summed E-state index contributed by atoms with van der Waals surface area (Å²) in [7, 11) is -3.38. The number of sulfone groups is 1. The number of benzene rings is 1. The first-order valence-electron chi connectivity index (χ1n) is 4.70. The highest BCUT2D eigenvalue weighted by molar-refractivity contribution is 7.90. The van der Waals surface area contributed by atoms with Crippen LogP contribution in [0.5, 0.6) is 0 Å². The second kappa shape index (κ2) is 4.88. The van der Waals surface area contributed by atoms with Gasteiger partial charge in [0.1, 0.15) is 0 Å². The molecule has 0 aromatic heterocycles. The Labute approximate surface area is 93.2 Å². The SMILES string of the molecule is CC(N)CS(=O)(=O)Cc1ccc(F)c(F)c1. The zero-order valence-electron chi connectivity index (χ0n) is 8.78. The van der Waals surface area contributed by atoms with Crippen LogP contribution in [0, 0.1) is 11.6 Å². The molecule has 0 bridgehead atoms. The molecule has 90 valence electrons. The van der Waals surface area contributed by atoms with Gasteiger partial charge in [-0.3, -0.25) is 0 Å². The highest BCUT2D eigenvalue weighted by atomic mass is 32.2. The lowest BCUT2D eigenvalue weighted by molar-refractivity contribution is 0.507. The predicted octanol–water partition coefficient (Wildman–Crippen LogP) is 1.23. The molecule has 2 N–H and O–H groups in total. The van der Waals surface area contributed by atoms with Crippen molar-refractivity contribution in [2.75, 3.05) is 5.75 Å². The van der Waals surface area contributed by atoms with E-state index < -0.39 is 27.5 Å². The lowest BCUT2D eigenvalue weighted by atomic mass is 10.2. The smallest absolute Gasteiger partial charge is 0.159 e. The lowest BCUT2D eigenvalue weighted by Crippen LogP contribution is -2.27. The van der Waals surface area contributed by atoms with E-state index in [9.17, 15) is 17.2 Å². The molecule has 0 saturated heterocycles. The zero-order valence-corrected chi connectivity index (χ0v) is 9.60. The van der Waals surface area contributed by atoms with E-state index in [0.717, 1.165) is 12.1 Å². The predicted molar refractivity (Wildman–Crippen MR) is 57.5 cm³/mol. The molecule has 3 nitrogen and oxygen atoms in total. The van der Waals surface area contributed by atoms with Gasteiger partial charge in [-0.05, 0) is 24.6 Å². The molecule has 6 heteroatoms. The van der Waals surface area contributed by atoms with Crippen LogP contribution in [0.3, 0.4) is 0 Å². The van der Waals surface area contributed by atoms with Gasteiger partial charge in [0, 0.05) is 6.04 Å². The maximum Gasteiger partial charge on any atom is 0.159 e. The molecule has 0 spiro atoms. The fraction of sp³-hybridized carbons (Fsp3) is 0.400. The minimum atomic E-state index is -3.38. The third kappa shape index (κ3) is 3.86. The van der Waals surface area contributed by atoms with Crippen LogP contribution in [0.4, 0.5) is 8.78 Å². The molecule has 1 aromatic rings. The summed E-state index contributed by atoms with van der Waals surface area (Å²) in [5, 5.41) is 0. The van der Waals surface area contributed by atoms with E-state index in [0.29, 0.717) is 0 Å². The number of hydrogen-bond donors (Lipinski definition) is 1. The van der Waals surface area contributed by atoms with Crippen molar-refractivity contribution in [3.63, 3.8) is 0 Å². The third-order valence-corrected chi connectivity index (χ3v) is 3.69. The third-order valence-electron chi connectivity index (χ3n) is 1.89. The van der Waals surface area contributed by atoms with Crippen LogP contribution >= 0.6 is 0 Å². The molecule has 0 saturated carbocycles. The van der Waals surface area contributed by atoms with Crippen molar-refractivity contribution in [3.8, 4) is 0 Å². The van der Waals surface area contributed by atoms with Crippen molar-refractivity contribution in [2.24, 2.45) is 5.73 Å². The minimum absolute atomic E-state index is 0.175. The average Bonchev–Trinajstić information content (AvgIpc) is 2.08. The normalized spacial score (nSPS) is 13.8. The second-order valence-electron chi connectivity index (χ2n) is 3.78. The van der Waals surface area contributed by atoms with Gasteiger partial charge in [-0.15, -0.1) is 0 Å². The van der Waals surface area contributed by atoms with Crippen LogP contribution < -0.4 is 5.73 Å². The van der Waals surface area contributed by atoms with E-state index in [1.165, 1.54) is 6.07 Å². The molecule has 0 aliphatic rings. The summed E-state index contributed by atoms with van der Waals surface area (Å²) in [6.07, 6.45) is 0. The van der Waals surface area contributed by atoms with Gasteiger partial charge in [-0.2, -0.15) is 0 Å². The highest BCUT2D eigenvalue weighted by Crippen LogP contribution is 2.12. The topological polar surface area (TPSA) is 60.2 Å². The average molecular weight is 249 g/mol. The summed E-state index contributed by atoms with van der Waals surface area (Å²) in [6, 6.07) is 2.56. The van der Waals surface area contributed by atoms with Crippen molar-refractivity contribution in [1.29, 1.82) is 0 Å². The maximum absolute atomic E-state index is 12.8. The Kier molecular flexibility index (Phi) is 3.98. The monoisotopic (exact) mass is 249 g/mol. The van der Waals surface area contributed by atoms with Crippen LogP contribution in [0.2, 0.25) is 0 Å². The maximum atomic E-state index is 12.8. The number of hydrogen-bond acceptors (Lipinski definition) is 3. The second-order valence-corrected chi connectivity index (χ2v) is 5.89. The molecule has 0 aliphatic carbocycles. The Bertz CT molecular complexity index is 472. The number of rotatable bonds is 4. The Balaban J connectivity index is 2.84. The molecule has 1 atom stereocenters. The molecule has 1 unspecified atom stereocenters. The first-order valence-corrected chi connectivity index (χ1v) is 6.52. The van der Waals surface area contributed by atoms with Gasteiger partial charge in [0.15, 0.2) is 21.5 Å². The Hall–Kier alpha value is -1.01. The van der Waals surface area contributed by atoms with Crippen molar-refractivity contribution >= 4 is 9.84 Å². The van der Waals surface area contributed by atoms with Gasteiger partial charge in [-0.25, -0.2) is 17.2 Å². The summed E-state index contributed by atoms with van der Waals surface area (Å²) in [6.45, 7) is 1.57. The first-order chi connectivity index (χ1) is 7.30. The van der Waals surface area contributed by atoms with Crippen molar-refractivity contribution < 1.29 is 17.2 Å². The molecule has 1 aromatic carbocycles. The molecular weight excluding hydrogens is 236 g/mol. The molecule has 0 aliphatic heterocycles. The fourth-order valence-electron chi connectivity index (χ4n) is 1.34. The minimum Gasteiger partial charge on any atom is -0.327 e. The van der Waals surface area contributed by atoms with E-state index in [2.05, 4.69) is 0 Å². The number of halogens is 2. The molecule has 16 heavy (non-hydrogen) atoms. The molecule has 0 fully saturated rings. The van der Waals surface area contributed by atoms with Crippen LogP contribution in [0.25, 0.3) is 0 Å². The lowest BCUT2D eigenvalue weighted by Gasteiger charge is -2.07. The van der Waals surface area contributed by atoms with Gasteiger partial charge in [0.05, 0.1) is 11.5 Å². The summed E-state index contributed by atoms with van der Waals surface area (Å²) in [4.78, 5) is 0. The number of nitrogens with two attached hydrogens (primary N) is 1. The van der Waals surface area contributed by atoms with Crippen LogP contribution in [0.15, 0.2) is 18.2 Å². The molecular formula is C10H13F2NO2S. The van der Waals surface area contributed by atoms with Crippen LogP contribution in [0.1, 0.15) is 12.5 Å². The first kappa shape index (κ1) is 13.1. The summed E-state index contributed by atoms with van der Waals surface area (Å²) >= 11 is 0. The fourth-order valence-corrected chi connectivity index (χ4v) is 2.95. The summed E-state index contributed by atoms with van der Waals surface area (Å²) in [5.41, 5.74) is 5.59. The van der Waals surface area contributed by atoms with Crippen molar-refractivity contribution in [1.82, 2.24) is 0 Å². The largest absolute Gasteiger partial charge is 0.327 e. The van der Waals surface area contributed by atoms with E-state index >= 15 is 0 Å². The summed E-state index contributed by atoms with van der Waals surface area (Å²) in [5.74, 6) is -2.54. The molecule has 0 radical (unpaired) electrons. The standard InChI is InChI=1S/C10H13F2NO2S/c1-7(13)5-16(14,15)6-8-2-3-9(11)10(12)4-8/h2-4,7H,5-6,13H2,1H3. The molecule has 1 rings (SSSR count). The Morgan fingerprint density at radius 1 is 1.31 bits per heavy atom. The van der Waals surface area contributed by atoms with E-state index in [4.69, 9.17) is 5.73 Å². The summed E-state index contributed by atoms with van der Waals surface area (Å²) < 4.78 is 48.4. The van der Waals surface area contributed by atoms with Gasteiger partial charge in [0.2, 0.25) is 0 Å². The Morgan fingerprint density at radius 2 is 1.94 bits per heavy atom. The molecule has 0 heterocycles. The van der Waals surface area contributed by atoms with E-state index in [-0.39, 0.29) is 17.1 Å². The zero-order chi connectivity index (χ0) is 12.3. The highest BCUT2D eigenvalue weighted by Gasteiger charge is 2.15. The Morgan fingerprint density at radius 3 is 2.44 bits per heavy atom. The van der Waals surface area contributed by atoms with Crippen LogP contribution in [-0.2, 0) is 15.6 Å². The van der Waals surface area contributed by atoms with E-state index in [1.807, 2.05) is 0 Å². The van der Waals surface area contributed by atoms with Crippen molar-refractivity contribution in [2.45, 2.75) is 18.7 Å². The van der Waals surface area contributed by atoms with Gasteiger partial charge in [-0.1, -0.05) is 6.07 Å². The van der Waals surface area contributed by atoms with Gasteiger partial charge >= 0.3 is 0 Å². The van der Waals surface area contributed by atoms with Gasteiger partial charge in [0.25, 0.3) is 0 Å². The van der Waals surface area contributed by atoms with Crippen molar-refractivity contribution in [3.05, 3.63) is 35.4 Å². The van der Waals surface area contributed by atoms with Crippen LogP contribution in [-0.4, -0.2) is 20.2 Å². The van der Waals surface area contributed by atoms with E-state index in [1.54, 1.807) is 6.92 Å². The quantitative estimate of drug-likeness (QED) is 0.873.